The van der Waals surface area contributed by atoms with E-state index in [1.54, 1.807) is 20.2 Å². The fourth-order valence-corrected chi connectivity index (χ4v) is 3.68. The predicted molar refractivity (Wildman–Crippen MR) is 82.3 cm³/mol. The molecule has 0 unspecified atom stereocenters. The van der Waals surface area contributed by atoms with Gasteiger partial charge in [-0.15, -0.1) is 0 Å². The van der Waals surface area contributed by atoms with Crippen LogP contribution in [0.15, 0.2) is 18.2 Å². The molecular formula is C14H22N2O5S. The summed E-state index contributed by atoms with van der Waals surface area (Å²) in [5.41, 5.74) is 0.751. The van der Waals surface area contributed by atoms with Crippen molar-refractivity contribution >= 4 is 10.2 Å². The average Bonchev–Trinajstić information content (AvgIpc) is 2.55. The van der Waals surface area contributed by atoms with Gasteiger partial charge in [-0.25, -0.2) is 0 Å². The second kappa shape index (κ2) is 7.28. The number of morpholine rings is 1. The number of para-hydroxylation sites is 1. The normalized spacial score (nSPS) is 16.7. The first-order chi connectivity index (χ1) is 10.5. The second-order valence-electron chi connectivity index (χ2n) is 4.93. The van der Waals surface area contributed by atoms with Crippen molar-refractivity contribution in [3.63, 3.8) is 0 Å². The summed E-state index contributed by atoms with van der Waals surface area (Å²) >= 11 is 0. The highest BCUT2D eigenvalue weighted by molar-refractivity contribution is 7.86. The number of ether oxygens (including phenoxy) is 3. The standard InChI is InChI=1S/C14H22N2O5S/c1-15(22(17,18)16-7-9-21-10-8-16)11-12-5-4-6-13(19-2)14(12)20-3/h4-6H,7-11H2,1-3H3. The van der Waals surface area contributed by atoms with Crippen molar-refractivity contribution < 1.29 is 22.6 Å². The van der Waals surface area contributed by atoms with Crippen LogP contribution in [0.25, 0.3) is 0 Å². The fraction of sp³-hybridized carbons (Fsp3) is 0.571. The smallest absolute Gasteiger partial charge is 0.282 e. The van der Waals surface area contributed by atoms with Gasteiger partial charge in [0.05, 0.1) is 27.4 Å². The maximum Gasteiger partial charge on any atom is 0.282 e. The van der Waals surface area contributed by atoms with Crippen LogP contribution >= 0.6 is 0 Å². The van der Waals surface area contributed by atoms with E-state index in [4.69, 9.17) is 14.2 Å². The molecule has 1 aliphatic heterocycles. The molecule has 1 aromatic rings. The number of hydrogen-bond acceptors (Lipinski definition) is 5. The molecule has 0 aliphatic carbocycles. The summed E-state index contributed by atoms with van der Waals surface area (Å²) in [6.07, 6.45) is 0. The molecule has 0 radical (unpaired) electrons. The Kier molecular flexibility index (Phi) is 5.63. The predicted octanol–water partition coefficient (Wildman–Crippen LogP) is 0.713. The molecule has 0 bridgehead atoms. The Balaban J connectivity index is 2.19. The maximum atomic E-state index is 12.6. The molecule has 0 amide bonds. The lowest BCUT2D eigenvalue weighted by Gasteiger charge is -2.30. The lowest BCUT2D eigenvalue weighted by Crippen LogP contribution is -2.47. The lowest BCUT2D eigenvalue weighted by atomic mass is 10.2. The van der Waals surface area contributed by atoms with Crippen LogP contribution < -0.4 is 9.47 Å². The average molecular weight is 330 g/mol. The molecule has 7 nitrogen and oxygen atoms in total. The van der Waals surface area contributed by atoms with Crippen LogP contribution in [0.2, 0.25) is 0 Å². The van der Waals surface area contributed by atoms with Crippen molar-refractivity contribution in [1.82, 2.24) is 8.61 Å². The van der Waals surface area contributed by atoms with Crippen LogP contribution in [0.3, 0.4) is 0 Å². The quantitative estimate of drug-likeness (QED) is 0.768. The molecule has 1 saturated heterocycles. The van der Waals surface area contributed by atoms with Crippen molar-refractivity contribution in [3.8, 4) is 11.5 Å². The Morgan fingerprint density at radius 3 is 2.50 bits per heavy atom. The highest BCUT2D eigenvalue weighted by atomic mass is 32.2. The van der Waals surface area contributed by atoms with E-state index in [1.807, 2.05) is 12.1 Å². The minimum atomic E-state index is -3.51. The summed E-state index contributed by atoms with van der Waals surface area (Å²) in [6.45, 7) is 1.81. The van der Waals surface area contributed by atoms with E-state index in [1.165, 1.54) is 15.7 Å². The van der Waals surface area contributed by atoms with Gasteiger partial charge < -0.3 is 14.2 Å². The van der Waals surface area contributed by atoms with Crippen molar-refractivity contribution in [2.45, 2.75) is 6.54 Å². The van der Waals surface area contributed by atoms with Crippen LogP contribution in [0.4, 0.5) is 0 Å². The molecule has 2 rings (SSSR count). The van der Waals surface area contributed by atoms with Gasteiger partial charge in [0.2, 0.25) is 0 Å². The number of hydrogen-bond donors (Lipinski definition) is 0. The third-order valence-electron chi connectivity index (χ3n) is 3.57. The molecule has 0 spiro atoms. The van der Waals surface area contributed by atoms with Gasteiger partial charge in [-0.2, -0.15) is 17.0 Å². The molecule has 1 aromatic carbocycles. The van der Waals surface area contributed by atoms with E-state index >= 15 is 0 Å². The monoisotopic (exact) mass is 330 g/mol. The van der Waals surface area contributed by atoms with Gasteiger partial charge in [0.15, 0.2) is 11.5 Å². The summed E-state index contributed by atoms with van der Waals surface area (Å²) in [5.74, 6) is 1.13. The molecule has 1 aliphatic rings. The molecular weight excluding hydrogens is 308 g/mol. The zero-order valence-corrected chi connectivity index (χ0v) is 13.9. The number of nitrogens with zero attached hydrogens (tertiary/aromatic N) is 2. The van der Waals surface area contributed by atoms with Crippen LogP contribution in [-0.2, 0) is 21.5 Å². The number of methoxy groups -OCH3 is 2. The summed E-state index contributed by atoms with van der Waals surface area (Å²) in [7, 11) is 1.14. The largest absolute Gasteiger partial charge is 0.493 e. The van der Waals surface area contributed by atoms with Gasteiger partial charge in [-0.05, 0) is 6.07 Å². The Morgan fingerprint density at radius 2 is 1.91 bits per heavy atom. The first-order valence-electron chi connectivity index (χ1n) is 6.99. The maximum absolute atomic E-state index is 12.6. The molecule has 1 fully saturated rings. The lowest BCUT2D eigenvalue weighted by molar-refractivity contribution is 0.0705. The van der Waals surface area contributed by atoms with E-state index in [-0.39, 0.29) is 6.54 Å². The van der Waals surface area contributed by atoms with Gasteiger partial charge in [0.25, 0.3) is 10.2 Å². The molecule has 22 heavy (non-hydrogen) atoms. The molecule has 0 aromatic heterocycles. The van der Waals surface area contributed by atoms with Crippen LogP contribution in [0.1, 0.15) is 5.56 Å². The van der Waals surface area contributed by atoms with Crippen LogP contribution in [0.5, 0.6) is 11.5 Å². The minimum Gasteiger partial charge on any atom is -0.493 e. The van der Waals surface area contributed by atoms with Crippen LogP contribution in [-0.4, -0.2) is 64.6 Å². The van der Waals surface area contributed by atoms with E-state index in [0.29, 0.717) is 37.8 Å². The van der Waals surface area contributed by atoms with Gasteiger partial charge in [-0.1, -0.05) is 12.1 Å². The van der Waals surface area contributed by atoms with Crippen LogP contribution in [0, 0.1) is 0 Å². The summed E-state index contributed by atoms with van der Waals surface area (Å²) in [4.78, 5) is 0. The van der Waals surface area contributed by atoms with E-state index < -0.39 is 10.2 Å². The van der Waals surface area contributed by atoms with Gasteiger partial charge in [0, 0.05) is 32.2 Å². The Morgan fingerprint density at radius 1 is 1.23 bits per heavy atom. The SMILES string of the molecule is COc1cccc(CN(C)S(=O)(=O)N2CCOCC2)c1OC. The van der Waals surface area contributed by atoms with E-state index in [0.717, 1.165) is 5.56 Å². The molecule has 8 heteroatoms. The zero-order chi connectivity index (χ0) is 16.2. The van der Waals surface area contributed by atoms with Gasteiger partial charge in [-0.3, -0.25) is 0 Å². The molecule has 0 saturated carbocycles. The minimum absolute atomic E-state index is 0.208. The highest BCUT2D eigenvalue weighted by Gasteiger charge is 2.29. The van der Waals surface area contributed by atoms with E-state index in [9.17, 15) is 8.42 Å². The Labute approximate surface area is 131 Å². The van der Waals surface area contributed by atoms with Gasteiger partial charge >= 0.3 is 0 Å². The number of benzene rings is 1. The second-order valence-corrected chi connectivity index (χ2v) is 6.96. The van der Waals surface area contributed by atoms with Crippen molar-refractivity contribution in [2.24, 2.45) is 0 Å². The van der Waals surface area contributed by atoms with Gasteiger partial charge in [0.1, 0.15) is 0 Å². The third kappa shape index (κ3) is 3.52. The Bertz CT molecular complexity index is 599. The highest BCUT2D eigenvalue weighted by Crippen LogP contribution is 2.31. The molecule has 0 atom stereocenters. The Hall–Kier alpha value is -1.35. The number of rotatable bonds is 6. The first-order valence-corrected chi connectivity index (χ1v) is 8.39. The molecule has 0 N–H and O–H groups in total. The summed E-state index contributed by atoms with van der Waals surface area (Å²) in [5, 5.41) is 0. The summed E-state index contributed by atoms with van der Waals surface area (Å²) < 4.78 is 43.7. The topological polar surface area (TPSA) is 68.3 Å². The molecule has 1 heterocycles. The zero-order valence-electron chi connectivity index (χ0n) is 13.1. The van der Waals surface area contributed by atoms with E-state index in [2.05, 4.69) is 0 Å². The summed E-state index contributed by atoms with van der Waals surface area (Å²) in [6, 6.07) is 5.41. The van der Waals surface area contributed by atoms with Crippen molar-refractivity contribution in [1.29, 1.82) is 0 Å². The fourth-order valence-electron chi connectivity index (χ4n) is 2.37. The van der Waals surface area contributed by atoms with Crippen molar-refractivity contribution in [3.05, 3.63) is 23.8 Å². The third-order valence-corrected chi connectivity index (χ3v) is 5.50. The molecule has 124 valence electrons. The van der Waals surface area contributed by atoms with Crippen molar-refractivity contribution in [2.75, 3.05) is 47.6 Å². The first kappa shape index (κ1) is 17.0.